The number of hydrogen-bond donors (Lipinski definition) is 3. The predicted octanol–water partition coefficient (Wildman–Crippen LogP) is 4.00. The third kappa shape index (κ3) is 4.23. The molecule has 1 fully saturated rings. The number of hydrogen-bond acceptors (Lipinski definition) is 7. The number of anilines is 2. The van der Waals surface area contributed by atoms with E-state index in [2.05, 4.69) is 30.9 Å². The van der Waals surface area contributed by atoms with E-state index in [0.717, 1.165) is 34.4 Å². The number of halogens is 1. The Hall–Kier alpha value is -3.24. The molecule has 170 valence electrons. The minimum atomic E-state index is -0.133. The van der Waals surface area contributed by atoms with Gasteiger partial charge in [-0.25, -0.2) is 4.68 Å². The lowest BCUT2D eigenvalue weighted by Gasteiger charge is -2.14. The van der Waals surface area contributed by atoms with Crippen molar-refractivity contribution in [1.29, 1.82) is 0 Å². The number of benzene rings is 2. The Labute approximate surface area is 199 Å². The van der Waals surface area contributed by atoms with Crippen molar-refractivity contribution in [1.82, 2.24) is 30.3 Å². The van der Waals surface area contributed by atoms with Crippen molar-refractivity contribution in [3.8, 4) is 17.1 Å². The van der Waals surface area contributed by atoms with Crippen LogP contribution in [0.3, 0.4) is 0 Å². The van der Waals surface area contributed by atoms with Crippen LogP contribution in [0, 0.1) is 0 Å². The van der Waals surface area contributed by atoms with Crippen LogP contribution in [-0.4, -0.2) is 55.5 Å². The Morgan fingerprint density at radius 3 is 3.00 bits per heavy atom. The largest absolute Gasteiger partial charge is 0.496 e. The van der Waals surface area contributed by atoms with Gasteiger partial charge in [0.05, 0.1) is 35.1 Å². The van der Waals surface area contributed by atoms with Crippen LogP contribution in [0.5, 0.6) is 5.75 Å². The molecule has 1 amide bonds. The van der Waals surface area contributed by atoms with Gasteiger partial charge in [-0.05, 0) is 36.4 Å². The summed E-state index contributed by atoms with van der Waals surface area (Å²) in [5.41, 5.74) is 2.78. The molecule has 1 aliphatic heterocycles. The number of rotatable bonds is 6. The zero-order valence-electron chi connectivity index (χ0n) is 18.1. The zero-order chi connectivity index (χ0) is 22.9. The second-order valence-electron chi connectivity index (χ2n) is 7.72. The molecule has 1 atom stereocenters. The molecule has 3 heterocycles. The van der Waals surface area contributed by atoms with Crippen molar-refractivity contribution in [3.05, 3.63) is 47.1 Å². The van der Waals surface area contributed by atoms with Gasteiger partial charge in [0.25, 0.3) is 5.91 Å². The fourth-order valence-electron chi connectivity index (χ4n) is 3.75. The van der Waals surface area contributed by atoms with Gasteiger partial charge in [-0.15, -0.1) is 5.10 Å². The first-order valence-corrected chi connectivity index (χ1v) is 11.9. The van der Waals surface area contributed by atoms with E-state index < -0.39 is 0 Å². The molecule has 0 radical (unpaired) electrons. The number of aromatic amines is 1. The Morgan fingerprint density at radius 1 is 1.33 bits per heavy atom. The van der Waals surface area contributed by atoms with Crippen molar-refractivity contribution in [2.45, 2.75) is 12.5 Å². The summed E-state index contributed by atoms with van der Waals surface area (Å²) in [4.78, 5) is 17.3. The molecule has 1 saturated heterocycles. The number of nitrogens with zero attached hydrogens (tertiary/aromatic N) is 4. The number of ether oxygens (including phenoxy) is 1. The Bertz CT molecular complexity index is 1330. The summed E-state index contributed by atoms with van der Waals surface area (Å²) in [5.74, 6) is 3.38. The maximum absolute atomic E-state index is 12.7. The highest BCUT2D eigenvalue weighted by Crippen LogP contribution is 2.32. The first-order chi connectivity index (χ1) is 16.0. The monoisotopic (exact) mass is 483 g/mol. The van der Waals surface area contributed by atoms with Crippen LogP contribution in [-0.2, 0) is 7.05 Å². The summed E-state index contributed by atoms with van der Waals surface area (Å²) in [6.07, 6.45) is 2.67. The number of carbonyl (C=O) groups excluding carboxylic acids is 1. The van der Waals surface area contributed by atoms with Gasteiger partial charge in [-0.2, -0.15) is 21.8 Å². The third-order valence-corrected chi connectivity index (χ3v) is 7.11. The van der Waals surface area contributed by atoms with Crippen molar-refractivity contribution in [2.75, 3.05) is 23.9 Å². The maximum atomic E-state index is 12.7. The SMILES string of the molecule is COc1cc(-c2nc(Nc3ccc4[nH]ncc4c3Cl)n(C)n2)ccc1C(=O)NC1CCSC1. The summed E-state index contributed by atoms with van der Waals surface area (Å²) < 4.78 is 7.14. The lowest BCUT2D eigenvalue weighted by molar-refractivity contribution is 0.0938. The molecule has 0 aliphatic carbocycles. The molecule has 1 unspecified atom stereocenters. The molecule has 11 heteroatoms. The molecule has 33 heavy (non-hydrogen) atoms. The van der Waals surface area contributed by atoms with E-state index in [1.807, 2.05) is 30.0 Å². The van der Waals surface area contributed by atoms with Crippen LogP contribution in [0.25, 0.3) is 22.3 Å². The average molecular weight is 484 g/mol. The fourth-order valence-corrected chi connectivity index (χ4v) is 5.16. The second-order valence-corrected chi connectivity index (χ2v) is 9.24. The van der Waals surface area contributed by atoms with E-state index in [4.69, 9.17) is 16.3 Å². The Balaban J connectivity index is 1.39. The van der Waals surface area contributed by atoms with Crippen LogP contribution in [0.4, 0.5) is 11.6 Å². The van der Waals surface area contributed by atoms with E-state index in [-0.39, 0.29) is 11.9 Å². The molecule has 2 aromatic carbocycles. The predicted molar refractivity (Wildman–Crippen MR) is 131 cm³/mol. The first-order valence-electron chi connectivity index (χ1n) is 10.4. The quantitative estimate of drug-likeness (QED) is 0.380. The molecule has 2 aromatic heterocycles. The number of aromatic nitrogens is 5. The highest BCUT2D eigenvalue weighted by molar-refractivity contribution is 7.99. The van der Waals surface area contributed by atoms with Crippen molar-refractivity contribution in [2.24, 2.45) is 7.05 Å². The van der Waals surface area contributed by atoms with Gasteiger partial charge >= 0.3 is 0 Å². The molecule has 9 nitrogen and oxygen atoms in total. The number of fused-ring (bicyclic) bond motifs is 1. The molecule has 5 rings (SSSR count). The molecule has 0 spiro atoms. The van der Waals surface area contributed by atoms with Gasteiger partial charge in [0.1, 0.15) is 5.75 Å². The molecule has 0 saturated carbocycles. The Morgan fingerprint density at radius 2 is 2.21 bits per heavy atom. The molecule has 3 N–H and O–H groups in total. The van der Waals surface area contributed by atoms with E-state index in [1.54, 1.807) is 37.2 Å². The van der Waals surface area contributed by atoms with E-state index >= 15 is 0 Å². The summed E-state index contributed by atoms with van der Waals surface area (Å²) in [6.45, 7) is 0. The minimum Gasteiger partial charge on any atom is -0.496 e. The average Bonchev–Trinajstić information content (AvgIpc) is 3.57. The van der Waals surface area contributed by atoms with Crippen molar-refractivity contribution < 1.29 is 9.53 Å². The number of thioether (sulfide) groups is 1. The van der Waals surface area contributed by atoms with E-state index in [9.17, 15) is 4.79 Å². The number of carbonyl (C=O) groups is 1. The molecular formula is C22H22ClN7O2S. The summed E-state index contributed by atoms with van der Waals surface area (Å²) >= 11 is 8.37. The normalized spacial score (nSPS) is 15.7. The van der Waals surface area contributed by atoms with Gasteiger partial charge < -0.3 is 15.4 Å². The van der Waals surface area contributed by atoms with Gasteiger partial charge in [-0.3, -0.25) is 9.89 Å². The smallest absolute Gasteiger partial charge is 0.255 e. The summed E-state index contributed by atoms with van der Waals surface area (Å²) in [6, 6.07) is 9.31. The number of amides is 1. The van der Waals surface area contributed by atoms with Crippen LogP contribution in [0.15, 0.2) is 36.5 Å². The number of nitrogens with one attached hydrogen (secondary N) is 3. The molecular weight excluding hydrogens is 462 g/mol. The van der Waals surface area contributed by atoms with Crippen LogP contribution >= 0.6 is 23.4 Å². The highest BCUT2D eigenvalue weighted by Gasteiger charge is 2.21. The lowest BCUT2D eigenvalue weighted by atomic mass is 10.1. The fraction of sp³-hybridized carbons (Fsp3) is 0.273. The molecule has 4 aromatic rings. The van der Waals surface area contributed by atoms with Crippen LogP contribution < -0.4 is 15.4 Å². The second kappa shape index (κ2) is 8.95. The number of H-pyrrole nitrogens is 1. The lowest BCUT2D eigenvalue weighted by Crippen LogP contribution is -2.34. The molecule has 0 bridgehead atoms. The maximum Gasteiger partial charge on any atom is 0.255 e. The van der Waals surface area contributed by atoms with E-state index in [0.29, 0.717) is 33.8 Å². The Kier molecular flexibility index (Phi) is 5.86. The first kappa shape index (κ1) is 21.6. The topological polar surface area (TPSA) is 110 Å². The van der Waals surface area contributed by atoms with Gasteiger partial charge in [0.15, 0.2) is 5.82 Å². The van der Waals surface area contributed by atoms with E-state index in [1.165, 1.54) is 0 Å². The van der Waals surface area contributed by atoms with Crippen molar-refractivity contribution in [3.63, 3.8) is 0 Å². The number of methoxy groups -OCH3 is 1. The van der Waals surface area contributed by atoms with Gasteiger partial charge in [-0.1, -0.05) is 17.7 Å². The van der Waals surface area contributed by atoms with Gasteiger partial charge in [0.2, 0.25) is 5.95 Å². The zero-order valence-corrected chi connectivity index (χ0v) is 19.6. The highest BCUT2D eigenvalue weighted by atomic mass is 35.5. The standard InChI is InChI=1S/C22H22ClN7O2S/c1-30-22(26-17-6-5-16-15(19(17)23)10-24-28-16)27-20(29-30)12-3-4-14(18(9-12)32-2)21(31)25-13-7-8-33-11-13/h3-6,9-10,13H,7-8,11H2,1-2H3,(H,24,28)(H,25,31)(H,26,27,29). The summed E-state index contributed by atoms with van der Waals surface area (Å²) in [5, 5.41) is 19.1. The third-order valence-electron chi connectivity index (χ3n) is 5.54. The van der Waals surface area contributed by atoms with Crippen LogP contribution in [0.1, 0.15) is 16.8 Å². The molecule has 1 aliphatic rings. The minimum absolute atomic E-state index is 0.133. The number of aryl methyl sites for hydroxylation is 1. The van der Waals surface area contributed by atoms with Crippen molar-refractivity contribution >= 4 is 51.8 Å². The summed E-state index contributed by atoms with van der Waals surface area (Å²) in [7, 11) is 3.34. The van der Waals surface area contributed by atoms with Gasteiger partial charge in [0, 0.05) is 29.8 Å². The van der Waals surface area contributed by atoms with Crippen LogP contribution in [0.2, 0.25) is 5.02 Å².